The first-order chi connectivity index (χ1) is 9.81. The number of nitrogens with zero attached hydrogens (tertiary/aromatic N) is 3. The lowest BCUT2D eigenvalue weighted by Crippen LogP contribution is -2.18. The summed E-state index contributed by atoms with van der Waals surface area (Å²) in [5.74, 6) is -0.399. The normalized spacial score (nSPS) is 10.9. The Kier molecular flexibility index (Phi) is 3.79. The number of nitro groups is 1. The standard InChI is InChI=1S/C13H17N5O3/c1-7(2)17-6-10(18(20)21)5-11(17)13(19)14-12-8(3)15-16-9(12)4/h5-7H,1-4H3,(H,14,19)(H,15,16). The first kappa shape index (κ1) is 14.8. The third-order valence-electron chi connectivity index (χ3n) is 3.20. The summed E-state index contributed by atoms with van der Waals surface area (Å²) >= 11 is 0. The van der Waals surface area contributed by atoms with Gasteiger partial charge in [-0.2, -0.15) is 5.10 Å². The third kappa shape index (κ3) is 2.78. The van der Waals surface area contributed by atoms with Gasteiger partial charge in [0.05, 0.1) is 28.2 Å². The van der Waals surface area contributed by atoms with Crippen LogP contribution in [0.15, 0.2) is 12.3 Å². The van der Waals surface area contributed by atoms with E-state index in [1.165, 1.54) is 12.3 Å². The second-order valence-corrected chi connectivity index (χ2v) is 5.10. The van der Waals surface area contributed by atoms with Gasteiger partial charge in [-0.05, 0) is 27.7 Å². The predicted octanol–water partition coefficient (Wildman–Crippen LogP) is 2.57. The number of carbonyl (C=O) groups excluding carboxylic acids is 1. The predicted molar refractivity (Wildman–Crippen MR) is 77.5 cm³/mol. The van der Waals surface area contributed by atoms with E-state index in [4.69, 9.17) is 0 Å². The Morgan fingerprint density at radius 2 is 2.14 bits per heavy atom. The van der Waals surface area contributed by atoms with Crippen molar-refractivity contribution < 1.29 is 9.72 Å². The molecule has 0 saturated heterocycles. The number of H-pyrrole nitrogens is 1. The summed E-state index contributed by atoms with van der Waals surface area (Å²) < 4.78 is 1.58. The zero-order valence-electron chi connectivity index (χ0n) is 12.3. The van der Waals surface area contributed by atoms with Gasteiger partial charge in [-0.1, -0.05) is 0 Å². The molecule has 0 spiro atoms. The van der Waals surface area contributed by atoms with E-state index >= 15 is 0 Å². The summed E-state index contributed by atoms with van der Waals surface area (Å²) in [6.07, 6.45) is 1.37. The van der Waals surface area contributed by atoms with E-state index in [0.717, 1.165) is 5.69 Å². The van der Waals surface area contributed by atoms with Crippen LogP contribution in [-0.2, 0) is 0 Å². The van der Waals surface area contributed by atoms with Crippen LogP contribution in [-0.4, -0.2) is 25.6 Å². The second-order valence-electron chi connectivity index (χ2n) is 5.10. The number of aryl methyl sites for hydroxylation is 2. The average Bonchev–Trinajstić information content (AvgIpc) is 2.97. The van der Waals surface area contributed by atoms with Crippen molar-refractivity contribution in [2.24, 2.45) is 0 Å². The quantitative estimate of drug-likeness (QED) is 0.667. The summed E-state index contributed by atoms with van der Waals surface area (Å²) in [4.78, 5) is 22.8. The lowest BCUT2D eigenvalue weighted by atomic mass is 10.3. The molecule has 0 atom stereocenters. The average molecular weight is 291 g/mol. The first-order valence-electron chi connectivity index (χ1n) is 6.50. The number of aromatic nitrogens is 3. The highest BCUT2D eigenvalue weighted by Crippen LogP contribution is 2.23. The van der Waals surface area contributed by atoms with Gasteiger partial charge in [0.1, 0.15) is 5.69 Å². The van der Waals surface area contributed by atoms with E-state index < -0.39 is 10.8 Å². The highest BCUT2D eigenvalue weighted by Gasteiger charge is 2.22. The minimum absolute atomic E-state index is 0.0639. The van der Waals surface area contributed by atoms with Gasteiger partial charge in [0.2, 0.25) is 0 Å². The third-order valence-corrected chi connectivity index (χ3v) is 3.20. The Balaban J connectivity index is 2.37. The molecule has 2 aromatic heterocycles. The van der Waals surface area contributed by atoms with Crippen LogP contribution < -0.4 is 5.32 Å². The molecule has 2 aromatic rings. The van der Waals surface area contributed by atoms with Crippen molar-refractivity contribution >= 4 is 17.3 Å². The zero-order chi connectivity index (χ0) is 15.7. The molecule has 2 rings (SSSR count). The minimum atomic E-state index is -0.510. The second kappa shape index (κ2) is 5.39. The highest BCUT2D eigenvalue weighted by atomic mass is 16.6. The van der Waals surface area contributed by atoms with Gasteiger partial charge in [-0.3, -0.25) is 20.0 Å². The number of anilines is 1. The van der Waals surface area contributed by atoms with Crippen LogP contribution in [0.2, 0.25) is 0 Å². The van der Waals surface area contributed by atoms with E-state index in [-0.39, 0.29) is 17.4 Å². The molecule has 1 amide bonds. The monoisotopic (exact) mass is 291 g/mol. The van der Waals surface area contributed by atoms with Gasteiger partial charge in [0.25, 0.3) is 11.6 Å². The van der Waals surface area contributed by atoms with Crippen LogP contribution in [0.4, 0.5) is 11.4 Å². The Morgan fingerprint density at radius 1 is 1.48 bits per heavy atom. The van der Waals surface area contributed by atoms with Gasteiger partial charge in [-0.15, -0.1) is 0 Å². The number of hydrogen-bond acceptors (Lipinski definition) is 4. The molecule has 0 aliphatic carbocycles. The molecule has 0 radical (unpaired) electrons. The smallest absolute Gasteiger partial charge is 0.287 e. The summed E-state index contributed by atoms with van der Waals surface area (Å²) in [6, 6.07) is 1.21. The number of nitrogens with one attached hydrogen (secondary N) is 2. The Labute approximate surface area is 121 Å². The number of carbonyl (C=O) groups is 1. The van der Waals surface area contributed by atoms with Crippen LogP contribution in [0.3, 0.4) is 0 Å². The highest BCUT2D eigenvalue weighted by molar-refractivity contribution is 6.04. The summed E-state index contributed by atoms with van der Waals surface area (Å²) in [5, 5.41) is 20.4. The lowest BCUT2D eigenvalue weighted by Gasteiger charge is -2.12. The van der Waals surface area contributed by atoms with Crippen molar-refractivity contribution in [2.75, 3.05) is 5.32 Å². The largest absolute Gasteiger partial charge is 0.335 e. The summed E-state index contributed by atoms with van der Waals surface area (Å²) in [6.45, 7) is 7.27. The van der Waals surface area contributed by atoms with Gasteiger partial charge >= 0.3 is 0 Å². The maximum Gasteiger partial charge on any atom is 0.287 e. The molecule has 0 fully saturated rings. The van der Waals surface area contributed by atoms with Crippen molar-refractivity contribution in [2.45, 2.75) is 33.7 Å². The molecular weight excluding hydrogens is 274 g/mol. The maximum absolute atomic E-state index is 12.4. The first-order valence-corrected chi connectivity index (χ1v) is 6.50. The van der Waals surface area contributed by atoms with Crippen LogP contribution in [0, 0.1) is 24.0 Å². The molecule has 0 aliphatic heterocycles. The van der Waals surface area contributed by atoms with Gasteiger partial charge < -0.3 is 9.88 Å². The molecule has 0 saturated carbocycles. The Hall–Kier alpha value is -2.64. The zero-order valence-corrected chi connectivity index (χ0v) is 12.3. The van der Waals surface area contributed by atoms with Crippen molar-refractivity contribution in [1.29, 1.82) is 0 Å². The minimum Gasteiger partial charge on any atom is -0.335 e. The number of amides is 1. The number of rotatable bonds is 4. The van der Waals surface area contributed by atoms with E-state index in [2.05, 4.69) is 15.5 Å². The van der Waals surface area contributed by atoms with Crippen LogP contribution in [0.1, 0.15) is 41.8 Å². The molecule has 0 aromatic carbocycles. The molecule has 0 aliphatic rings. The number of aromatic amines is 1. The molecule has 2 N–H and O–H groups in total. The van der Waals surface area contributed by atoms with Gasteiger partial charge in [0.15, 0.2) is 0 Å². The molecule has 2 heterocycles. The molecule has 112 valence electrons. The van der Waals surface area contributed by atoms with Crippen molar-refractivity contribution in [3.05, 3.63) is 39.5 Å². The van der Waals surface area contributed by atoms with Crippen LogP contribution in [0.5, 0.6) is 0 Å². The molecule has 21 heavy (non-hydrogen) atoms. The van der Waals surface area contributed by atoms with E-state index in [1.54, 1.807) is 18.4 Å². The maximum atomic E-state index is 12.4. The van der Waals surface area contributed by atoms with Crippen molar-refractivity contribution in [3.63, 3.8) is 0 Å². The fourth-order valence-electron chi connectivity index (χ4n) is 2.09. The van der Waals surface area contributed by atoms with Crippen molar-refractivity contribution in [3.8, 4) is 0 Å². The topological polar surface area (TPSA) is 106 Å². The molecular formula is C13H17N5O3. The molecule has 8 nitrogen and oxygen atoms in total. The molecule has 0 unspecified atom stereocenters. The van der Waals surface area contributed by atoms with Gasteiger partial charge in [-0.25, -0.2) is 0 Å². The van der Waals surface area contributed by atoms with E-state index in [9.17, 15) is 14.9 Å². The van der Waals surface area contributed by atoms with Gasteiger partial charge in [0, 0.05) is 12.1 Å². The molecule has 8 heteroatoms. The fourth-order valence-corrected chi connectivity index (χ4v) is 2.09. The van der Waals surface area contributed by atoms with E-state index in [0.29, 0.717) is 11.4 Å². The SMILES string of the molecule is Cc1n[nH]c(C)c1NC(=O)c1cc([N+](=O)[O-])cn1C(C)C. The lowest BCUT2D eigenvalue weighted by molar-refractivity contribution is -0.384. The summed E-state index contributed by atoms with van der Waals surface area (Å²) in [7, 11) is 0. The Morgan fingerprint density at radius 3 is 2.62 bits per heavy atom. The van der Waals surface area contributed by atoms with Crippen LogP contribution >= 0.6 is 0 Å². The fraction of sp³-hybridized carbons (Fsp3) is 0.385. The number of hydrogen-bond donors (Lipinski definition) is 2. The van der Waals surface area contributed by atoms with Crippen LogP contribution in [0.25, 0.3) is 0 Å². The van der Waals surface area contributed by atoms with E-state index in [1.807, 2.05) is 13.8 Å². The summed E-state index contributed by atoms with van der Waals surface area (Å²) in [5.41, 5.74) is 2.14. The van der Waals surface area contributed by atoms with Crippen molar-refractivity contribution in [1.82, 2.24) is 14.8 Å². The Bertz CT molecular complexity index is 679. The molecule has 0 bridgehead atoms.